The molecule has 0 fully saturated rings. The molecule has 1 rings (SSSR count). The second-order valence-electron chi connectivity index (χ2n) is 2.30. The third-order valence-electron chi connectivity index (χ3n) is 1.36. The zero-order valence-corrected chi connectivity index (χ0v) is 7.27. The summed E-state index contributed by atoms with van der Waals surface area (Å²) in [7, 11) is 0. The summed E-state index contributed by atoms with van der Waals surface area (Å²) in [6.45, 7) is 2.15. The Morgan fingerprint density at radius 3 is 3.09 bits per heavy atom. The molecule has 0 radical (unpaired) electrons. The molecule has 0 atom stereocenters. The molecule has 0 aromatic carbocycles. The van der Waals surface area contributed by atoms with Gasteiger partial charge in [-0.3, -0.25) is 0 Å². The van der Waals surface area contributed by atoms with E-state index in [1.54, 1.807) is 11.3 Å². The third-order valence-corrected chi connectivity index (χ3v) is 2.44. The highest BCUT2D eigenvalue weighted by atomic mass is 32.1. The van der Waals surface area contributed by atoms with Crippen LogP contribution in [0.4, 0.5) is 0 Å². The number of thiophene rings is 1. The topological polar surface area (TPSA) is 32.6 Å². The van der Waals surface area contributed by atoms with Gasteiger partial charge in [-0.1, -0.05) is 18.5 Å². The Morgan fingerprint density at radius 1 is 1.64 bits per heavy atom. The van der Waals surface area contributed by atoms with Gasteiger partial charge in [0.25, 0.3) is 0 Å². The Balaban J connectivity index is 2.65. The Morgan fingerprint density at radius 2 is 2.45 bits per heavy atom. The van der Waals surface area contributed by atoms with Gasteiger partial charge in [-0.2, -0.15) is 0 Å². The number of hydrogen-bond donors (Lipinski definition) is 1. The molecule has 1 N–H and O–H groups in total. The molecule has 0 aliphatic carbocycles. The van der Waals surface area contributed by atoms with Crippen LogP contribution < -0.4 is 0 Å². The Labute approximate surface area is 70.2 Å². The molecule has 0 spiro atoms. The van der Waals surface area contributed by atoms with E-state index in [9.17, 15) is 0 Å². The lowest BCUT2D eigenvalue weighted by atomic mass is 10.3. The van der Waals surface area contributed by atoms with E-state index in [0.717, 1.165) is 17.7 Å². The van der Waals surface area contributed by atoms with Crippen LogP contribution in [0.3, 0.4) is 0 Å². The van der Waals surface area contributed by atoms with Gasteiger partial charge in [-0.25, -0.2) is 0 Å². The van der Waals surface area contributed by atoms with Gasteiger partial charge in [0.2, 0.25) is 0 Å². The number of aryl methyl sites for hydroxylation is 1. The van der Waals surface area contributed by atoms with E-state index in [1.807, 2.05) is 6.07 Å². The molecule has 1 aromatic rings. The van der Waals surface area contributed by atoms with Gasteiger partial charge >= 0.3 is 0 Å². The molecule has 60 valence electrons. The summed E-state index contributed by atoms with van der Waals surface area (Å²) in [5, 5.41) is 11.2. The maximum atomic E-state index is 8.23. The highest BCUT2D eigenvalue weighted by Gasteiger charge is 1.95. The number of rotatable bonds is 3. The SMILES string of the molecule is CCCc1ccc(/C=N/O)s1. The van der Waals surface area contributed by atoms with Crippen molar-refractivity contribution in [2.24, 2.45) is 5.16 Å². The molecule has 2 nitrogen and oxygen atoms in total. The van der Waals surface area contributed by atoms with E-state index in [0.29, 0.717) is 0 Å². The molecule has 0 aliphatic heterocycles. The molecule has 0 unspecified atom stereocenters. The molecular weight excluding hydrogens is 158 g/mol. The van der Waals surface area contributed by atoms with Crippen molar-refractivity contribution in [3.05, 3.63) is 21.9 Å². The van der Waals surface area contributed by atoms with Crippen molar-refractivity contribution < 1.29 is 5.21 Å². The normalized spacial score (nSPS) is 11.0. The van der Waals surface area contributed by atoms with Crippen LogP contribution in [0, 0.1) is 0 Å². The summed E-state index contributed by atoms with van der Waals surface area (Å²) in [4.78, 5) is 2.36. The minimum Gasteiger partial charge on any atom is -0.411 e. The molecule has 0 saturated heterocycles. The average Bonchev–Trinajstić information content (AvgIpc) is 2.38. The molecule has 3 heteroatoms. The van der Waals surface area contributed by atoms with E-state index in [1.165, 1.54) is 11.1 Å². The lowest BCUT2D eigenvalue weighted by molar-refractivity contribution is 0.322. The van der Waals surface area contributed by atoms with Crippen molar-refractivity contribution in [1.29, 1.82) is 0 Å². The van der Waals surface area contributed by atoms with Gasteiger partial charge in [0, 0.05) is 9.75 Å². The van der Waals surface area contributed by atoms with Crippen molar-refractivity contribution >= 4 is 17.6 Å². The summed E-state index contributed by atoms with van der Waals surface area (Å²) < 4.78 is 0. The smallest absolute Gasteiger partial charge is 0.0833 e. The minimum atomic E-state index is 1.01. The van der Waals surface area contributed by atoms with Crippen LogP contribution in [-0.2, 0) is 6.42 Å². The fraction of sp³-hybridized carbons (Fsp3) is 0.375. The van der Waals surface area contributed by atoms with E-state index in [-0.39, 0.29) is 0 Å². The largest absolute Gasteiger partial charge is 0.411 e. The molecule has 1 heterocycles. The van der Waals surface area contributed by atoms with Crippen LogP contribution in [0.25, 0.3) is 0 Å². The van der Waals surface area contributed by atoms with Gasteiger partial charge in [-0.05, 0) is 18.6 Å². The zero-order valence-electron chi connectivity index (χ0n) is 6.45. The molecule has 0 saturated carbocycles. The molecule has 1 aromatic heterocycles. The fourth-order valence-electron chi connectivity index (χ4n) is 0.902. The van der Waals surface area contributed by atoms with Gasteiger partial charge < -0.3 is 5.21 Å². The molecular formula is C8H11NOS. The lowest BCUT2D eigenvalue weighted by Gasteiger charge is -1.87. The van der Waals surface area contributed by atoms with Gasteiger partial charge in [0.1, 0.15) is 0 Å². The predicted octanol–water partition coefficient (Wildman–Crippen LogP) is 2.51. The van der Waals surface area contributed by atoms with Crippen LogP contribution in [0.5, 0.6) is 0 Å². The summed E-state index contributed by atoms with van der Waals surface area (Å²) in [6.07, 6.45) is 3.74. The first-order valence-electron chi connectivity index (χ1n) is 3.63. The molecule has 0 aliphatic rings. The maximum Gasteiger partial charge on any atom is 0.0833 e. The summed E-state index contributed by atoms with van der Waals surface area (Å²) in [5.74, 6) is 0. The van der Waals surface area contributed by atoms with E-state index in [4.69, 9.17) is 5.21 Å². The Hall–Kier alpha value is -0.830. The van der Waals surface area contributed by atoms with Crippen molar-refractivity contribution in [2.45, 2.75) is 19.8 Å². The number of nitrogens with zero attached hydrogens (tertiary/aromatic N) is 1. The fourth-order valence-corrected chi connectivity index (χ4v) is 1.88. The van der Waals surface area contributed by atoms with Crippen molar-refractivity contribution in [1.82, 2.24) is 0 Å². The summed E-state index contributed by atoms with van der Waals surface area (Å²) >= 11 is 1.67. The van der Waals surface area contributed by atoms with Crippen molar-refractivity contribution in [3.8, 4) is 0 Å². The Bertz CT molecular complexity index is 242. The van der Waals surface area contributed by atoms with Gasteiger partial charge in [-0.15, -0.1) is 11.3 Å². The van der Waals surface area contributed by atoms with E-state index in [2.05, 4.69) is 18.1 Å². The van der Waals surface area contributed by atoms with Crippen LogP contribution >= 0.6 is 11.3 Å². The van der Waals surface area contributed by atoms with Crippen LogP contribution in [0.2, 0.25) is 0 Å². The van der Waals surface area contributed by atoms with E-state index < -0.39 is 0 Å². The van der Waals surface area contributed by atoms with Crippen molar-refractivity contribution in [3.63, 3.8) is 0 Å². The second kappa shape index (κ2) is 4.13. The first-order chi connectivity index (χ1) is 5.36. The maximum absolute atomic E-state index is 8.23. The molecule has 0 amide bonds. The predicted molar refractivity (Wildman–Crippen MR) is 47.7 cm³/mol. The highest BCUT2D eigenvalue weighted by Crippen LogP contribution is 2.15. The molecule has 11 heavy (non-hydrogen) atoms. The number of oxime groups is 1. The van der Waals surface area contributed by atoms with Gasteiger partial charge in [0.15, 0.2) is 0 Å². The van der Waals surface area contributed by atoms with E-state index >= 15 is 0 Å². The third kappa shape index (κ3) is 2.35. The van der Waals surface area contributed by atoms with Crippen LogP contribution in [0.1, 0.15) is 23.1 Å². The van der Waals surface area contributed by atoms with Gasteiger partial charge in [0.05, 0.1) is 6.21 Å². The highest BCUT2D eigenvalue weighted by molar-refractivity contribution is 7.13. The van der Waals surface area contributed by atoms with Crippen LogP contribution in [0.15, 0.2) is 17.3 Å². The molecule has 0 bridgehead atoms. The summed E-state index contributed by atoms with van der Waals surface area (Å²) in [6, 6.07) is 4.04. The quantitative estimate of drug-likeness (QED) is 0.421. The summed E-state index contributed by atoms with van der Waals surface area (Å²) in [5.41, 5.74) is 0. The number of hydrogen-bond acceptors (Lipinski definition) is 3. The second-order valence-corrected chi connectivity index (χ2v) is 3.50. The monoisotopic (exact) mass is 169 g/mol. The minimum absolute atomic E-state index is 1.01. The zero-order chi connectivity index (χ0) is 8.10. The standard InChI is InChI=1S/C8H11NOS/c1-2-3-7-4-5-8(11-7)6-9-10/h4-6,10H,2-3H2,1H3/b9-6+. The van der Waals surface area contributed by atoms with Crippen molar-refractivity contribution in [2.75, 3.05) is 0 Å². The lowest BCUT2D eigenvalue weighted by Crippen LogP contribution is -1.72. The Kier molecular flexibility index (Phi) is 3.11. The van der Waals surface area contributed by atoms with Crippen LogP contribution in [-0.4, -0.2) is 11.4 Å². The average molecular weight is 169 g/mol. The first-order valence-corrected chi connectivity index (χ1v) is 4.44. The first kappa shape index (κ1) is 8.27.